The van der Waals surface area contributed by atoms with E-state index in [0.717, 1.165) is 0 Å². The maximum Gasteiger partial charge on any atom is 0.398 e. The molecule has 0 aliphatic carbocycles. The fourth-order valence-electron chi connectivity index (χ4n) is 2.47. The summed E-state index contributed by atoms with van der Waals surface area (Å²) in [6.07, 6.45) is -4.37. The van der Waals surface area contributed by atoms with Crippen molar-refractivity contribution in [1.82, 2.24) is 0 Å². The summed E-state index contributed by atoms with van der Waals surface area (Å²) >= 11 is 6.52. The lowest BCUT2D eigenvalue weighted by Gasteiger charge is -2.14. The summed E-state index contributed by atoms with van der Waals surface area (Å²) in [5.41, 5.74) is 0.923. The number of hydrogen-bond donors (Lipinski definition) is 2. The van der Waals surface area contributed by atoms with E-state index in [1.54, 1.807) is 0 Å². The van der Waals surface area contributed by atoms with Crippen molar-refractivity contribution in [2.45, 2.75) is 22.4 Å². The number of sulfonamides is 1. The van der Waals surface area contributed by atoms with Crippen LogP contribution in [0, 0.1) is 0 Å². The van der Waals surface area contributed by atoms with Crippen molar-refractivity contribution in [3.8, 4) is 0 Å². The molecule has 1 aliphatic heterocycles. The highest BCUT2D eigenvalue weighted by molar-refractivity contribution is 7.99. The van der Waals surface area contributed by atoms with E-state index in [9.17, 15) is 26.4 Å². The lowest BCUT2D eigenvalue weighted by molar-refractivity contribution is -0.115. The van der Waals surface area contributed by atoms with Crippen LogP contribution in [-0.4, -0.2) is 26.3 Å². The SMILES string of the molecule is O=C1Cc2cc(S(=O)(=O)Nc3ccccc3SCC(F)(F)F)c(Cl)cc2N1. The quantitative estimate of drug-likeness (QED) is 0.686. The Balaban J connectivity index is 1.90. The number of carbonyl (C=O) groups is 1. The van der Waals surface area contributed by atoms with E-state index in [1.165, 1.54) is 36.4 Å². The van der Waals surface area contributed by atoms with Gasteiger partial charge >= 0.3 is 6.18 Å². The number of nitrogens with one attached hydrogen (secondary N) is 2. The van der Waals surface area contributed by atoms with Crippen molar-refractivity contribution in [3.63, 3.8) is 0 Å². The number of hydrogen-bond acceptors (Lipinski definition) is 4. The third kappa shape index (κ3) is 4.69. The van der Waals surface area contributed by atoms with Gasteiger partial charge in [0.05, 0.1) is 22.9 Å². The van der Waals surface area contributed by atoms with Crippen LogP contribution in [0.4, 0.5) is 24.5 Å². The molecule has 2 aromatic carbocycles. The van der Waals surface area contributed by atoms with Gasteiger partial charge in [-0.15, -0.1) is 11.8 Å². The van der Waals surface area contributed by atoms with E-state index in [2.05, 4.69) is 10.0 Å². The summed E-state index contributed by atoms with van der Waals surface area (Å²) in [5, 5.41) is 2.45. The van der Waals surface area contributed by atoms with Gasteiger partial charge in [-0.1, -0.05) is 23.7 Å². The second kappa shape index (κ2) is 7.25. The fourth-order valence-corrected chi connectivity index (χ4v) is 4.96. The Labute approximate surface area is 162 Å². The molecule has 0 saturated carbocycles. The Bertz CT molecular complexity index is 1010. The monoisotopic (exact) mass is 436 g/mol. The highest BCUT2D eigenvalue weighted by Crippen LogP contribution is 2.36. The molecule has 0 atom stereocenters. The van der Waals surface area contributed by atoms with Crippen LogP contribution in [0.25, 0.3) is 0 Å². The zero-order valence-electron chi connectivity index (χ0n) is 13.4. The molecule has 1 heterocycles. The molecule has 0 spiro atoms. The minimum absolute atomic E-state index is 0.0116. The number of fused-ring (bicyclic) bond motifs is 1. The van der Waals surface area contributed by atoms with Gasteiger partial charge in [0.25, 0.3) is 10.0 Å². The molecule has 2 N–H and O–H groups in total. The zero-order valence-corrected chi connectivity index (χ0v) is 15.8. The number of rotatable bonds is 5. The normalized spacial score (nSPS) is 14.0. The van der Waals surface area contributed by atoms with Crippen LogP contribution in [0.1, 0.15) is 5.56 Å². The van der Waals surface area contributed by atoms with Crippen molar-refractivity contribution in [2.24, 2.45) is 0 Å². The maximum absolute atomic E-state index is 12.7. The number of para-hydroxylation sites is 1. The van der Waals surface area contributed by atoms with Crippen LogP contribution < -0.4 is 10.0 Å². The van der Waals surface area contributed by atoms with E-state index in [4.69, 9.17) is 11.6 Å². The predicted octanol–water partition coefficient (Wildman–Crippen LogP) is 4.29. The van der Waals surface area contributed by atoms with E-state index >= 15 is 0 Å². The predicted molar refractivity (Wildman–Crippen MR) is 97.8 cm³/mol. The summed E-state index contributed by atoms with van der Waals surface area (Å²) < 4.78 is 65.2. The number of thioether (sulfide) groups is 1. The first-order chi connectivity index (χ1) is 12.5. The van der Waals surface area contributed by atoms with Gasteiger partial charge < -0.3 is 5.32 Å². The minimum Gasteiger partial charge on any atom is -0.325 e. The summed E-state index contributed by atoms with van der Waals surface area (Å²) in [5.74, 6) is -1.43. The van der Waals surface area contributed by atoms with Gasteiger partial charge in [-0.05, 0) is 29.8 Å². The van der Waals surface area contributed by atoms with Crippen molar-refractivity contribution in [2.75, 3.05) is 15.8 Å². The molecule has 0 saturated heterocycles. The summed E-state index contributed by atoms with van der Waals surface area (Å²) in [4.78, 5) is 11.3. The molecule has 144 valence electrons. The van der Waals surface area contributed by atoms with Gasteiger partial charge in [0.15, 0.2) is 0 Å². The summed E-state index contributed by atoms with van der Waals surface area (Å²) in [6, 6.07) is 8.38. The van der Waals surface area contributed by atoms with Crippen molar-refractivity contribution in [3.05, 3.63) is 47.0 Å². The first-order valence-corrected chi connectivity index (χ1v) is 10.3. The average molecular weight is 437 g/mol. The average Bonchev–Trinajstić information content (AvgIpc) is 2.91. The number of amides is 1. The molecule has 0 aromatic heterocycles. The smallest absolute Gasteiger partial charge is 0.325 e. The first-order valence-electron chi connectivity index (χ1n) is 7.49. The van der Waals surface area contributed by atoms with E-state index in [-0.39, 0.29) is 32.8 Å². The molecule has 1 amide bonds. The third-order valence-electron chi connectivity index (χ3n) is 3.60. The Morgan fingerprint density at radius 1 is 1.22 bits per heavy atom. The Morgan fingerprint density at radius 3 is 2.63 bits per heavy atom. The number of alkyl halides is 3. The van der Waals surface area contributed by atoms with Gasteiger partial charge in [-0.3, -0.25) is 9.52 Å². The van der Waals surface area contributed by atoms with Crippen LogP contribution >= 0.6 is 23.4 Å². The molecule has 0 radical (unpaired) electrons. The molecular formula is C16H12ClF3N2O3S2. The van der Waals surface area contributed by atoms with Crippen molar-refractivity contribution < 1.29 is 26.4 Å². The third-order valence-corrected chi connectivity index (χ3v) is 6.56. The molecule has 0 bridgehead atoms. The van der Waals surface area contributed by atoms with Crippen LogP contribution in [0.3, 0.4) is 0 Å². The molecular weight excluding hydrogens is 425 g/mol. The van der Waals surface area contributed by atoms with E-state index in [0.29, 0.717) is 23.0 Å². The number of benzene rings is 2. The molecule has 2 aromatic rings. The van der Waals surface area contributed by atoms with Crippen LogP contribution in [0.15, 0.2) is 46.2 Å². The van der Waals surface area contributed by atoms with Gasteiger partial charge in [0, 0.05) is 10.6 Å². The zero-order chi connectivity index (χ0) is 19.8. The second-order valence-electron chi connectivity index (χ2n) is 5.67. The number of halogens is 4. The first kappa shape index (κ1) is 19.8. The topological polar surface area (TPSA) is 75.3 Å². The van der Waals surface area contributed by atoms with Crippen LogP contribution in [0.2, 0.25) is 5.02 Å². The molecule has 3 rings (SSSR count). The maximum atomic E-state index is 12.7. The fraction of sp³-hybridized carbons (Fsp3) is 0.188. The molecule has 0 fully saturated rings. The van der Waals surface area contributed by atoms with Gasteiger partial charge in [-0.2, -0.15) is 13.2 Å². The number of anilines is 2. The highest BCUT2D eigenvalue weighted by atomic mass is 35.5. The molecule has 5 nitrogen and oxygen atoms in total. The van der Waals surface area contributed by atoms with Gasteiger partial charge in [-0.25, -0.2) is 8.42 Å². The molecule has 11 heteroatoms. The van der Waals surface area contributed by atoms with Crippen LogP contribution in [0.5, 0.6) is 0 Å². The Morgan fingerprint density at radius 2 is 1.93 bits per heavy atom. The van der Waals surface area contributed by atoms with Crippen molar-refractivity contribution >= 4 is 50.7 Å². The highest BCUT2D eigenvalue weighted by Gasteiger charge is 2.29. The van der Waals surface area contributed by atoms with Crippen LogP contribution in [-0.2, 0) is 21.2 Å². The summed E-state index contributed by atoms with van der Waals surface area (Å²) in [6.45, 7) is 0. The number of carbonyl (C=O) groups excluding carboxylic acids is 1. The second-order valence-corrected chi connectivity index (χ2v) is 8.75. The lowest BCUT2D eigenvalue weighted by Crippen LogP contribution is -2.15. The standard InChI is InChI=1S/C16H12ClF3N2O3S2/c17-10-7-12-9(6-15(23)21-12)5-14(10)27(24,25)22-11-3-1-2-4-13(11)26-8-16(18,19)20/h1-5,7,22H,6,8H2,(H,21,23). The Hall–Kier alpha value is -1.91. The lowest BCUT2D eigenvalue weighted by atomic mass is 10.2. The molecule has 27 heavy (non-hydrogen) atoms. The Kier molecular flexibility index (Phi) is 5.33. The van der Waals surface area contributed by atoms with Gasteiger partial charge in [0.2, 0.25) is 5.91 Å². The largest absolute Gasteiger partial charge is 0.398 e. The van der Waals surface area contributed by atoms with Gasteiger partial charge in [0.1, 0.15) is 4.90 Å². The molecule has 0 unspecified atom stereocenters. The minimum atomic E-state index is -4.39. The van der Waals surface area contributed by atoms with E-state index < -0.39 is 22.0 Å². The molecule has 1 aliphatic rings. The summed E-state index contributed by atoms with van der Waals surface area (Å²) in [7, 11) is -4.17. The van der Waals surface area contributed by atoms with Crippen molar-refractivity contribution in [1.29, 1.82) is 0 Å². The van der Waals surface area contributed by atoms with E-state index in [1.807, 2.05) is 0 Å².